The molecular formula is C17H10ClNO4S. The van der Waals surface area contributed by atoms with Gasteiger partial charge in [-0.3, -0.25) is 14.9 Å². The number of thioether (sulfide) groups is 1. The Morgan fingerprint density at radius 1 is 1.12 bits per heavy atom. The normalized spacial score (nSPS) is 15.5. The lowest BCUT2D eigenvalue weighted by molar-refractivity contribution is -0.115. The third-order valence-corrected chi connectivity index (χ3v) is 4.26. The van der Waals surface area contributed by atoms with Crippen LogP contribution >= 0.6 is 23.4 Å². The van der Waals surface area contributed by atoms with E-state index < -0.39 is 17.1 Å². The Morgan fingerprint density at radius 3 is 2.50 bits per heavy atom. The first kappa shape index (κ1) is 16.3. The summed E-state index contributed by atoms with van der Waals surface area (Å²) >= 11 is 6.97. The number of rotatable bonds is 3. The Bertz CT molecular complexity index is 864. The molecular weight excluding hydrogens is 350 g/mol. The van der Waals surface area contributed by atoms with Crippen molar-refractivity contribution in [3.63, 3.8) is 0 Å². The van der Waals surface area contributed by atoms with Crippen molar-refractivity contribution in [1.82, 2.24) is 5.32 Å². The van der Waals surface area contributed by atoms with Gasteiger partial charge in [0.15, 0.2) is 0 Å². The van der Waals surface area contributed by atoms with Crippen molar-refractivity contribution < 1.29 is 19.1 Å². The molecule has 2 aromatic carbocycles. The van der Waals surface area contributed by atoms with Crippen LogP contribution in [0.2, 0.25) is 5.02 Å². The zero-order valence-corrected chi connectivity index (χ0v) is 13.7. The molecule has 5 nitrogen and oxygen atoms in total. The minimum Gasteiger partial charge on any atom is -0.423 e. The first-order valence-corrected chi connectivity index (χ1v) is 8.04. The minimum absolute atomic E-state index is 0.260. The van der Waals surface area contributed by atoms with E-state index in [9.17, 15) is 14.4 Å². The Balaban J connectivity index is 1.78. The topological polar surface area (TPSA) is 72.5 Å². The fourth-order valence-electron chi connectivity index (χ4n) is 1.99. The predicted molar refractivity (Wildman–Crippen MR) is 92.0 cm³/mol. The summed E-state index contributed by atoms with van der Waals surface area (Å²) in [6, 6.07) is 13.2. The maximum Gasteiger partial charge on any atom is 0.343 e. The SMILES string of the molecule is O=C1NC(=O)C(=Cc2ccc(OC(=O)c3ccccc3)cc2Cl)S1. The average molecular weight is 360 g/mol. The number of nitrogens with one attached hydrogen (secondary N) is 1. The maximum absolute atomic E-state index is 12.0. The molecule has 2 aromatic rings. The van der Waals surface area contributed by atoms with E-state index >= 15 is 0 Å². The molecule has 3 rings (SSSR count). The molecule has 0 saturated carbocycles. The monoisotopic (exact) mass is 359 g/mol. The van der Waals surface area contributed by atoms with Crippen molar-refractivity contribution in [3.05, 3.63) is 69.6 Å². The summed E-state index contributed by atoms with van der Waals surface area (Å²) in [6.07, 6.45) is 1.51. The summed E-state index contributed by atoms with van der Waals surface area (Å²) in [4.78, 5) is 34.9. The summed E-state index contributed by atoms with van der Waals surface area (Å²) in [5.41, 5.74) is 0.973. The Morgan fingerprint density at radius 2 is 1.88 bits per heavy atom. The van der Waals surface area contributed by atoms with Crippen LogP contribution in [0.15, 0.2) is 53.4 Å². The van der Waals surface area contributed by atoms with Gasteiger partial charge in [0.05, 0.1) is 15.5 Å². The minimum atomic E-state index is -0.492. The number of hydrogen-bond acceptors (Lipinski definition) is 5. The molecule has 0 unspecified atom stereocenters. The molecule has 1 aliphatic rings. The van der Waals surface area contributed by atoms with E-state index in [1.165, 1.54) is 12.1 Å². The van der Waals surface area contributed by atoms with Crippen molar-refractivity contribution in [3.8, 4) is 5.75 Å². The second-order valence-corrected chi connectivity index (χ2v) is 6.21. The van der Waals surface area contributed by atoms with E-state index in [1.807, 2.05) is 0 Å². The van der Waals surface area contributed by atoms with Crippen molar-refractivity contribution in [2.45, 2.75) is 0 Å². The number of imide groups is 1. The number of halogens is 1. The highest BCUT2D eigenvalue weighted by atomic mass is 35.5. The van der Waals surface area contributed by atoms with Crippen LogP contribution in [0.25, 0.3) is 6.08 Å². The molecule has 0 radical (unpaired) electrons. The summed E-state index contributed by atoms with van der Waals surface area (Å²) in [7, 11) is 0. The van der Waals surface area contributed by atoms with Gasteiger partial charge in [0.1, 0.15) is 5.75 Å². The number of benzene rings is 2. The molecule has 0 aliphatic carbocycles. The van der Waals surface area contributed by atoms with E-state index in [-0.39, 0.29) is 10.7 Å². The van der Waals surface area contributed by atoms with Gasteiger partial charge in [-0.05, 0) is 47.7 Å². The van der Waals surface area contributed by atoms with Crippen molar-refractivity contribution >= 4 is 46.6 Å². The van der Waals surface area contributed by atoms with Gasteiger partial charge in [0.2, 0.25) is 0 Å². The molecule has 1 heterocycles. The Hall–Kier alpha value is -2.57. The van der Waals surface area contributed by atoms with Gasteiger partial charge in [0.25, 0.3) is 11.1 Å². The van der Waals surface area contributed by atoms with Crippen LogP contribution in [0.3, 0.4) is 0 Å². The molecule has 1 saturated heterocycles. The van der Waals surface area contributed by atoms with E-state index in [0.717, 1.165) is 11.8 Å². The maximum atomic E-state index is 12.0. The molecule has 0 aromatic heterocycles. The second-order valence-electron chi connectivity index (χ2n) is 4.79. The highest BCUT2D eigenvalue weighted by Gasteiger charge is 2.25. The lowest BCUT2D eigenvalue weighted by atomic mass is 10.2. The molecule has 1 N–H and O–H groups in total. The molecule has 120 valence electrons. The number of ether oxygens (including phenoxy) is 1. The van der Waals surface area contributed by atoms with Crippen LogP contribution in [0.1, 0.15) is 15.9 Å². The van der Waals surface area contributed by atoms with E-state index in [2.05, 4.69) is 5.32 Å². The molecule has 1 aliphatic heterocycles. The van der Waals surface area contributed by atoms with Gasteiger partial charge in [-0.25, -0.2) is 4.79 Å². The largest absolute Gasteiger partial charge is 0.423 e. The first-order valence-electron chi connectivity index (χ1n) is 6.84. The fourth-order valence-corrected chi connectivity index (χ4v) is 2.89. The van der Waals surface area contributed by atoms with Gasteiger partial charge in [0, 0.05) is 6.07 Å². The highest BCUT2D eigenvalue weighted by Crippen LogP contribution is 2.30. The van der Waals surface area contributed by atoms with Gasteiger partial charge in [-0.1, -0.05) is 29.8 Å². The number of hydrogen-bond donors (Lipinski definition) is 1. The van der Waals surface area contributed by atoms with Crippen molar-refractivity contribution in [2.75, 3.05) is 0 Å². The third kappa shape index (κ3) is 3.67. The molecule has 24 heavy (non-hydrogen) atoms. The molecule has 1 fully saturated rings. The van der Waals surface area contributed by atoms with Crippen LogP contribution in [0.4, 0.5) is 4.79 Å². The molecule has 0 atom stereocenters. The summed E-state index contributed by atoms with van der Waals surface area (Å²) in [6.45, 7) is 0. The molecule has 7 heteroatoms. The van der Waals surface area contributed by atoms with Crippen LogP contribution in [0, 0.1) is 0 Å². The van der Waals surface area contributed by atoms with Gasteiger partial charge in [-0.2, -0.15) is 0 Å². The van der Waals surface area contributed by atoms with Crippen LogP contribution in [0.5, 0.6) is 5.75 Å². The molecule has 0 bridgehead atoms. The second kappa shape index (κ2) is 6.90. The van der Waals surface area contributed by atoms with Crippen LogP contribution < -0.4 is 10.1 Å². The van der Waals surface area contributed by atoms with Crippen molar-refractivity contribution in [2.24, 2.45) is 0 Å². The average Bonchev–Trinajstić information content (AvgIpc) is 2.88. The summed E-state index contributed by atoms with van der Waals surface area (Å²) in [5, 5.41) is 2.05. The number of carbonyl (C=O) groups is 3. The zero-order valence-electron chi connectivity index (χ0n) is 12.1. The Kier molecular flexibility index (Phi) is 4.69. The fraction of sp³-hybridized carbons (Fsp3) is 0. The predicted octanol–water partition coefficient (Wildman–Crippen LogP) is 3.88. The van der Waals surface area contributed by atoms with E-state index in [0.29, 0.717) is 16.1 Å². The molecule has 2 amide bonds. The number of esters is 1. The lowest BCUT2D eigenvalue weighted by Gasteiger charge is -2.06. The van der Waals surface area contributed by atoms with Crippen molar-refractivity contribution in [1.29, 1.82) is 0 Å². The molecule has 0 spiro atoms. The quantitative estimate of drug-likeness (QED) is 0.511. The van der Waals surface area contributed by atoms with Crippen LogP contribution in [-0.4, -0.2) is 17.1 Å². The van der Waals surface area contributed by atoms with E-state index in [4.69, 9.17) is 16.3 Å². The standard InChI is InChI=1S/C17H10ClNO4S/c18-13-9-12(23-16(21)10-4-2-1-3-5-10)7-6-11(13)8-14-15(20)19-17(22)24-14/h1-9H,(H,19,20,22). The van der Waals surface area contributed by atoms with Crippen LogP contribution in [-0.2, 0) is 4.79 Å². The van der Waals surface area contributed by atoms with Gasteiger partial charge < -0.3 is 4.74 Å². The smallest absolute Gasteiger partial charge is 0.343 e. The number of carbonyl (C=O) groups excluding carboxylic acids is 3. The Labute approximate surface area is 146 Å². The van der Waals surface area contributed by atoms with E-state index in [1.54, 1.807) is 42.5 Å². The van der Waals surface area contributed by atoms with Gasteiger partial charge >= 0.3 is 5.97 Å². The summed E-state index contributed by atoms with van der Waals surface area (Å²) < 4.78 is 5.26. The third-order valence-electron chi connectivity index (χ3n) is 3.12. The first-order chi connectivity index (χ1) is 11.5. The summed E-state index contributed by atoms with van der Waals surface area (Å²) in [5.74, 6) is -0.662. The number of amides is 2. The zero-order chi connectivity index (χ0) is 17.1. The highest BCUT2D eigenvalue weighted by molar-refractivity contribution is 8.18. The van der Waals surface area contributed by atoms with Gasteiger partial charge in [-0.15, -0.1) is 0 Å². The lowest BCUT2D eigenvalue weighted by Crippen LogP contribution is -2.17.